The number of piperidine rings is 1. The van der Waals surface area contributed by atoms with Gasteiger partial charge in [0.25, 0.3) is 0 Å². The fourth-order valence-electron chi connectivity index (χ4n) is 4.99. The van der Waals surface area contributed by atoms with Crippen molar-refractivity contribution in [3.05, 3.63) is 41.7 Å². The van der Waals surface area contributed by atoms with E-state index in [4.69, 9.17) is 4.74 Å². The van der Waals surface area contributed by atoms with Crippen molar-refractivity contribution in [2.24, 2.45) is 0 Å². The summed E-state index contributed by atoms with van der Waals surface area (Å²) in [5, 5.41) is 4.69. The molecule has 0 radical (unpaired) electrons. The van der Waals surface area contributed by atoms with E-state index in [9.17, 15) is 0 Å². The lowest BCUT2D eigenvalue weighted by Crippen LogP contribution is -2.55. The van der Waals surface area contributed by atoms with Crippen LogP contribution in [-0.4, -0.2) is 72.0 Å². The highest BCUT2D eigenvalue weighted by Gasteiger charge is 2.29. The topological polar surface area (TPSA) is 36.8 Å². The molecule has 0 aliphatic carbocycles. The van der Waals surface area contributed by atoms with E-state index >= 15 is 0 Å². The molecule has 164 valence electrons. The smallest absolute Gasteiger partial charge is 0.142 e. The highest BCUT2D eigenvalue weighted by atomic mass is 16.5. The molecule has 6 nitrogen and oxygen atoms in total. The van der Waals surface area contributed by atoms with Crippen molar-refractivity contribution in [3.8, 4) is 5.75 Å². The Balaban J connectivity index is 1.32. The Bertz CT molecular complexity index is 812. The summed E-state index contributed by atoms with van der Waals surface area (Å²) in [5.74, 6) is 0.980. The van der Waals surface area contributed by atoms with Crippen molar-refractivity contribution in [3.63, 3.8) is 0 Å². The molecule has 0 amide bonds. The van der Waals surface area contributed by atoms with Crippen LogP contribution < -0.4 is 9.64 Å². The molecule has 6 heteroatoms. The second-order valence-electron chi connectivity index (χ2n) is 8.73. The molecule has 3 heterocycles. The van der Waals surface area contributed by atoms with Crippen LogP contribution in [0.3, 0.4) is 0 Å². The Morgan fingerprint density at radius 2 is 1.90 bits per heavy atom. The van der Waals surface area contributed by atoms with Gasteiger partial charge in [0.05, 0.1) is 18.5 Å². The minimum absolute atomic E-state index is 0.671. The van der Waals surface area contributed by atoms with Crippen LogP contribution in [0, 0.1) is 6.92 Å². The lowest BCUT2D eigenvalue weighted by atomic mass is 10.0. The third-order valence-corrected chi connectivity index (χ3v) is 6.63. The zero-order valence-corrected chi connectivity index (χ0v) is 18.9. The summed E-state index contributed by atoms with van der Waals surface area (Å²) < 4.78 is 7.68. The number of hydrogen-bond donors (Lipinski definition) is 0. The van der Waals surface area contributed by atoms with Crippen LogP contribution in [0.1, 0.15) is 37.4 Å². The van der Waals surface area contributed by atoms with Crippen LogP contribution in [0.15, 0.2) is 30.5 Å². The number of aromatic nitrogens is 2. The van der Waals surface area contributed by atoms with E-state index in [1.54, 1.807) is 7.11 Å². The molecule has 4 rings (SSSR count). The van der Waals surface area contributed by atoms with E-state index in [1.165, 1.54) is 42.9 Å². The van der Waals surface area contributed by atoms with E-state index in [2.05, 4.69) is 62.7 Å². The third-order valence-electron chi connectivity index (χ3n) is 6.63. The maximum Gasteiger partial charge on any atom is 0.142 e. The molecule has 0 spiro atoms. The van der Waals surface area contributed by atoms with Gasteiger partial charge >= 0.3 is 0 Å². The first kappa shape index (κ1) is 21.2. The fourth-order valence-corrected chi connectivity index (χ4v) is 4.99. The van der Waals surface area contributed by atoms with Gasteiger partial charge in [0.15, 0.2) is 0 Å². The van der Waals surface area contributed by atoms with Crippen molar-refractivity contribution in [2.75, 3.05) is 51.3 Å². The predicted molar refractivity (Wildman–Crippen MR) is 122 cm³/mol. The van der Waals surface area contributed by atoms with Gasteiger partial charge in [-0.05, 0) is 44.9 Å². The predicted octanol–water partition coefficient (Wildman–Crippen LogP) is 3.40. The van der Waals surface area contributed by atoms with Gasteiger partial charge in [-0.15, -0.1) is 0 Å². The molecule has 0 N–H and O–H groups in total. The molecule has 2 aliphatic rings. The van der Waals surface area contributed by atoms with Gasteiger partial charge in [0.2, 0.25) is 0 Å². The number of aryl methyl sites for hydroxylation is 2. The summed E-state index contributed by atoms with van der Waals surface area (Å²) in [6.07, 6.45) is 6.00. The van der Waals surface area contributed by atoms with Gasteiger partial charge in [0.1, 0.15) is 5.75 Å². The molecular weight excluding hydrogens is 374 g/mol. The van der Waals surface area contributed by atoms with Gasteiger partial charge < -0.3 is 9.64 Å². The minimum Gasteiger partial charge on any atom is -0.495 e. The Hall–Kier alpha value is -2.05. The Morgan fingerprint density at radius 3 is 2.67 bits per heavy atom. The summed E-state index contributed by atoms with van der Waals surface area (Å²) in [4.78, 5) is 7.83. The molecule has 30 heavy (non-hydrogen) atoms. The van der Waals surface area contributed by atoms with Gasteiger partial charge in [0, 0.05) is 63.6 Å². The van der Waals surface area contributed by atoms with E-state index in [-0.39, 0.29) is 0 Å². The van der Waals surface area contributed by atoms with E-state index in [0.717, 1.165) is 51.4 Å². The van der Waals surface area contributed by atoms with Crippen molar-refractivity contribution in [2.45, 2.75) is 52.2 Å². The van der Waals surface area contributed by atoms with E-state index in [0.29, 0.717) is 6.04 Å². The van der Waals surface area contributed by atoms with Gasteiger partial charge in [-0.25, -0.2) is 0 Å². The lowest BCUT2D eigenvalue weighted by molar-refractivity contribution is 0.0886. The van der Waals surface area contributed by atoms with Crippen LogP contribution >= 0.6 is 0 Å². The van der Waals surface area contributed by atoms with Crippen molar-refractivity contribution >= 4 is 5.69 Å². The zero-order valence-electron chi connectivity index (χ0n) is 18.9. The first-order chi connectivity index (χ1) is 14.7. The summed E-state index contributed by atoms with van der Waals surface area (Å²) in [6, 6.07) is 9.06. The second kappa shape index (κ2) is 9.84. The van der Waals surface area contributed by atoms with Gasteiger partial charge in [-0.1, -0.05) is 19.1 Å². The number of piperazine rings is 1. The van der Waals surface area contributed by atoms with Crippen LogP contribution in [0.5, 0.6) is 5.75 Å². The first-order valence-electron chi connectivity index (χ1n) is 11.5. The highest BCUT2D eigenvalue weighted by Crippen LogP contribution is 2.29. The molecule has 1 aromatic carbocycles. The summed E-state index contributed by atoms with van der Waals surface area (Å²) in [6.45, 7) is 13.2. The molecule has 1 unspecified atom stereocenters. The van der Waals surface area contributed by atoms with Gasteiger partial charge in [-0.3, -0.25) is 14.5 Å². The number of likely N-dealkylation sites (tertiary alicyclic amines) is 1. The van der Waals surface area contributed by atoms with Crippen molar-refractivity contribution in [1.82, 2.24) is 19.6 Å². The number of methoxy groups -OCH3 is 1. The normalized spacial score (nSPS) is 21.2. The molecule has 0 saturated carbocycles. The number of nitrogens with zero attached hydrogens (tertiary/aromatic N) is 5. The maximum atomic E-state index is 5.57. The number of benzene rings is 1. The summed E-state index contributed by atoms with van der Waals surface area (Å²) in [7, 11) is 1.76. The summed E-state index contributed by atoms with van der Waals surface area (Å²) in [5.41, 5.74) is 3.81. The Labute approximate surface area is 181 Å². The highest BCUT2D eigenvalue weighted by molar-refractivity contribution is 5.58. The molecule has 2 fully saturated rings. The molecule has 1 atom stereocenters. The standard InChI is InChI=1S/C24H37N5O/c1-4-11-29-18-21(20(2)25-29)17-26-12-7-8-22(19-26)27-13-15-28(16-14-27)23-9-5-6-10-24(23)30-3/h5-6,9-10,18,22H,4,7-8,11-17,19H2,1-3H3. The minimum atomic E-state index is 0.671. The average Bonchev–Trinajstić information content (AvgIpc) is 3.13. The number of hydrogen-bond acceptors (Lipinski definition) is 5. The van der Waals surface area contributed by atoms with Crippen molar-refractivity contribution < 1.29 is 4.74 Å². The van der Waals surface area contributed by atoms with Gasteiger partial charge in [-0.2, -0.15) is 5.10 Å². The maximum absolute atomic E-state index is 5.57. The molecule has 2 aromatic rings. The number of ether oxygens (including phenoxy) is 1. The first-order valence-corrected chi connectivity index (χ1v) is 11.5. The largest absolute Gasteiger partial charge is 0.495 e. The summed E-state index contributed by atoms with van der Waals surface area (Å²) >= 11 is 0. The number of anilines is 1. The quantitative estimate of drug-likeness (QED) is 0.698. The third kappa shape index (κ3) is 4.81. The van der Waals surface area contributed by atoms with Crippen LogP contribution in [0.4, 0.5) is 5.69 Å². The molecule has 2 saturated heterocycles. The lowest BCUT2D eigenvalue weighted by Gasteiger charge is -2.44. The molecule has 0 bridgehead atoms. The molecule has 2 aliphatic heterocycles. The average molecular weight is 412 g/mol. The number of para-hydroxylation sites is 2. The molecule has 1 aromatic heterocycles. The number of rotatable bonds is 7. The fraction of sp³-hybridized carbons (Fsp3) is 0.625. The van der Waals surface area contributed by atoms with E-state index in [1.807, 2.05) is 6.07 Å². The van der Waals surface area contributed by atoms with Crippen molar-refractivity contribution in [1.29, 1.82) is 0 Å². The second-order valence-corrected chi connectivity index (χ2v) is 8.73. The van der Waals surface area contributed by atoms with E-state index < -0.39 is 0 Å². The Morgan fingerprint density at radius 1 is 1.10 bits per heavy atom. The SMILES string of the molecule is CCCn1cc(CN2CCCC(N3CCN(c4ccccc4OC)CC3)C2)c(C)n1. The molecular formula is C24H37N5O. The van der Waals surface area contributed by atoms with Crippen LogP contribution in [-0.2, 0) is 13.1 Å². The Kier molecular flexibility index (Phi) is 6.95. The van der Waals surface area contributed by atoms with Crippen LogP contribution in [0.2, 0.25) is 0 Å². The monoisotopic (exact) mass is 411 g/mol. The van der Waals surface area contributed by atoms with Crippen LogP contribution in [0.25, 0.3) is 0 Å². The zero-order chi connectivity index (χ0) is 20.9.